The van der Waals surface area contributed by atoms with Gasteiger partial charge in [0.05, 0.1) is 6.54 Å². The summed E-state index contributed by atoms with van der Waals surface area (Å²) in [6.07, 6.45) is 0. The number of fused-ring (bicyclic) bond motifs is 1. The van der Waals surface area contributed by atoms with E-state index in [9.17, 15) is 4.79 Å². The van der Waals surface area contributed by atoms with Crippen LogP contribution >= 0.6 is 0 Å². The second kappa shape index (κ2) is 6.88. The van der Waals surface area contributed by atoms with E-state index in [0.29, 0.717) is 18.9 Å². The van der Waals surface area contributed by atoms with Crippen molar-refractivity contribution in [1.82, 2.24) is 24.5 Å². The zero-order chi connectivity index (χ0) is 18.0. The normalized spacial score (nSPS) is 10.9. The Labute approximate surface area is 146 Å². The maximum absolute atomic E-state index is 12.5. The highest BCUT2D eigenvalue weighted by Gasteiger charge is 2.18. The number of aryl methyl sites for hydroxylation is 3. The summed E-state index contributed by atoms with van der Waals surface area (Å²) in [6, 6.07) is 9.70. The average molecular weight is 339 g/mol. The smallest absolute Gasteiger partial charge is 0.293 e. The minimum atomic E-state index is -0.255. The van der Waals surface area contributed by atoms with Crippen LogP contribution in [0.2, 0.25) is 0 Å². The van der Waals surface area contributed by atoms with E-state index in [2.05, 4.69) is 15.1 Å². The molecule has 1 aromatic carbocycles. The third-order valence-electron chi connectivity index (χ3n) is 3.87. The second-order valence-corrected chi connectivity index (χ2v) is 6.07. The first-order valence-corrected chi connectivity index (χ1v) is 8.10. The third kappa shape index (κ3) is 3.76. The van der Waals surface area contributed by atoms with Crippen molar-refractivity contribution in [3.8, 4) is 5.75 Å². The van der Waals surface area contributed by atoms with E-state index < -0.39 is 0 Å². The van der Waals surface area contributed by atoms with Gasteiger partial charge in [-0.05, 0) is 39.0 Å². The Hall–Kier alpha value is -2.96. The van der Waals surface area contributed by atoms with Gasteiger partial charge in [0.2, 0.25) is 5.82 Å². The van der Waals surface area contributed by atoms with E-state index in [4.69, 9.17) is 4.74 Å². The molecule has 0 aliphatic heterocycles. The molecule has 0 fully saturated rings. The monoisotopic (exact) mass is 339 g/mol. The van der Waals surface area contributed by atoms with E-state index in [1.54, 1.807) is 16.5 Å². The van der Waals surface area contributed by atoms with E-state index in [1.807, 2.05) is 51.1 Å². The number of benzene rings is 1. The SMILES string of the molecule is Cc1ccc(OCCN(C)C(=O)c2nc3nc(C)cc(C)n3n2)cc1. The number of likely N-dealkylation sites (N-methyl/N-ethyl adjacent to an activating group) is 1. The Bertz CT molecular complexity index is 902. The van der Waals surface area contributed by atoms with Gasteiger partial charge in [0, 0.05) is 18.4 Å². The molecule has 0 unspecified atom stereocenters. The molecule has 7 heteroatoms. The predicted octanol–water partition coefficient (Wildman–Crippen LogP) is 2.20. The highest BCUT2D eigenvalue weighted by atomic mass is 16.5. The van der Waals surface area contributed by atoms with Crippen LogP contribution in [-0.4, -0.2) is 50.6 Å². The molecule has 0 saturated carbocycles. The van der Waals surface area contributed by atoms with Crippen LogP contribution in [-0.2, 0) is 0 Å². The first kappa shape index (κ1) is 16.9. The molecule has 0 spiro atoms. The van der Waals surface area contributed by atoms with Crippen molar-refractivity contribution >= 4 is 11.7 Å². The fourth-order valence-corrected chi connectivity index (χ4v) is 2.46. The Morgan fingerprint density at radius 2 is 1.88 bits per heavy atom. The highest BCUT2D eigenvalue weighted by molar-refractivity contribution is 5.90. The van der Waals surface area contributed by atoms with Crippen LogP contribution in [0.1, 0.15) is 27.6 Å². The molecule has 0 radical (unpaired) electrons. The Morgan fingerprint density at radius 1 is 1.16 bits per heavy atom. The molecule has 0 aliphatic rings. The fourth-order valence-electron chi connectivity index (χ4n) is 2.46. The van der Waals surface area contributed by atoms with Crippen molar-refractivity contribution in [2.45, 2.75) is 20.8 Å². The van der Waals surface area contributed by atoms with Crippen molar-refractivity contribution in [2.24, 2.45) is 0 Å². The van der Waals surface area contributed by atoms with Gasteiger partial charge in [-0.15, -0.1) is 5.10 Å². The van der Waals surface area contributed by atoms with Crippen LogP contribution in [0.3, 0.4) is 0 Å². The lowest BCUT2D eigenvalue weighted by molar-refractivity contribution is 0.0762. The molecule has 25 heavy (non-hydrogen) atoms. The number of carbonyl (C=O) groups excluding carboxylic acids is 1. The topological polar surface area (TPSA) is 72.6 Å². The first-order valence-electron chi connectivity index (χ1n) is 8.10. The molecule has 3 aromatic rings. The average Bonchev–Trinajstić information content (AvgIpc) is 3.00. The van der Waals surface area contributed by atoms with Gasteiger partial charge in [-0.2, -0.15) is 4.98 Å². The number of ether oxygens (including phenoxy) is 1. The molecule has 7 nitrogen and oxygen atoms in total. The summed E-state index contributed by atoms with van der Waals surface area (Å²) >= 11 is 0. The van der Waals surface area contributed by atoms with Gasteiger partial charge in [0.1, 0.15) is 12.4 Å². The fraction of sp³-hybridized carbons (Fsp3) is 0.333. The lowest BCUT2D eigenvalue weighted by atomic mass is 10.2. The van der Waals surface area contributed by atoms with E-state index in [-0.39, 0.29) is 11.7 Å². The molecule has 0 atom stereocenters. The Morgan fingerprint density at radius 3 is 2.60 bits per heavy atom. The zero-order valence-corrected chi connectivity index (χ0v) is 14.9. The van der Waals surface area contributed by atoms with Gasteiger partial charge in [-0.1, -0.05) is 17.7 Å². The third-order valence-corrected chi connectivity index (χ3v) is 3.87. The first-order chi connectivity index (χ1) is 11.9. The van der Waals surface area contributed by atoms with Gasteiger partial charge in [-0.25, -0.2) is 9.50 Å². The summed E-state index contributed by atoms with van der Waals surface area (Å²) in [6.45, 7) is 6.65. The van der Waals surface area contributed by atoms with Crippen molar-refractivity contribution in [3.05, 3.63) is 53.1 Å². The van der Waals surface area contributed by atoms with Gasteiger partial charge >= 0.3 is 0 Å². The van der Waals surface area contributed by atoms with Gasteiger partial charge in [0.25, 0.3) is 11.7 Å². The molecule has 0 N–H and O–H groups in total. The lowest BCUT2D eigenvalue weighted by Crippen LogP contribution is -2.31. The van der Waals surface area contributed by atoms with Gasteiger partial charge < -0.3 is 9.64 Å². The lowest BCUT2D eigenvalue weighted by Gasteiger charge is -2.15. The number of aromatic nitrogens is 4. The van der Waals surface area contributed by atoms with E-state index >= 15 is 0 Å². The van der Waals surface area contributed by atoms with Crippen LogP contribution in [0.25, 0.3) is 5.78 Å². The molecule has 0 aliphatic carbocycles. The molecular formula is C18H21N5O2. The molecule has 2 aromatic heterocycles. The summed E-state index contributed by atoms with van der Waals surface area (Å²) in [4.78, 5) is 22.6. The Balaban J connectivity index is 1.64. The largest absolute Gasteiger partial charge is 0.492 e. The van der Waals surface area contributed by atoms with E-state index in [1.165, 1.54) is 5.56 Å². The Kier molecular flexibility index (Phi) is 4.65. The minimum Gasteiger partial charge on any atom is -0.492 e. The molecule has 0 bridgehead atoms. The standard InChI is InChI=1S/C18H21N5O2/c1-12-5-7-15(8-6-12)25-10-9-22(4)17(24)16-20-18-19-13(2)11-14(3)23(18)21-16/h5-8,11H,9-10H2,1-4H3. The number of nitrogens with zero attached hydrogens (tertiary/aromatic N) is 5. The highest BCUT2D eigenvalue weighted by Crippen LogP contribution is 2.11. The predicted molar refractivity (Wildman–Crippen MR) is 93.9 cm³/mol. The second-order valence-electron chi connectivity index (χ2n) is 6.07. The maximum atomic E-state index is 12.5. The number of carbonyl (C=O) groups is 1. The van der Waals surface area contributed by atoms with Crippen LogP contribution in [0.4, 0.5) is 0 Å². The maximum Gasteiger partial charge on any atom is 0.293 e. The van der Waals surface area contributed by atoms with Crippen LogP contribution in [0.5, 0.6) is 5.75 Å². The summed E-state index contributed by atoms with van der Waals surface area (Å²) < 4.78 is 7.24. The van der Waals surface area contributed by atoms with Crippen LogP contribution in [0, 0.1) is 20.8 Å². The molecule has 0 saturated heterocycles. The van der Waals surface area contributed by atoms with Crippen molar-refractivity contribution in [3.63, 3.8) is 0 Å². The summed E-state index contributed by atoms with van der Waals surface area (Å²) in [5.74, 6) is 1.10. The van der Waals surface area contributed by atoms with Crippen LogP contribution in [0.15, 0.2) is 30.3 Å². The summed E-state index contributed by atoms with van der Waals surface area (Å²) in [5, 5.41) is 4.26. The number of hydrogen-bond donors (Lipinski definition) is 0. The van der Waals surface area contributed by atoms with Crippen LogP contribution < -0.4 is 4.74 Å². The summed E-state index contributed by atoms with van der Waals surface area (Å²) in [5.41, 5.74) is 2.91. The molecular weight excluding hydrogens is 318 g/mol. The molecule has 130 valence electrons. The van der Waals surface area contributed by atoms with E-state index in [0.717, 1.165) is 17.1 Å². The molecule has 2 heterocycles. The van der Waals surface area contributed by atoms with Gasteiger partial charge in [0.15, 0.2) is 0 Å². The summed E-state index contributed by atoms with van der Waals surface area (Å²) in [7, 11) is 1.71. The van der Waals surface area contributed by atoms with Crippen molar-refractivity contribution in [2.75, 3.05) is 20.2 Å². The van der Waals surface area contributed by atoms with Crippen molar-refractivity contribution < 1.29 is 9.53 Å². The quantitative estimate of drug-likeness (QED) is 0.712. The van der Waals surface area contributed by atoms with Gasteiger partial charge in [-0.3, -0.25) is 4.79 Å². The van der Waals surface area contributed by atoms with Crippen molar-refractivity contribution in [1.29, 1.82) is 0 Å². The number of rotatable bonds is 5. The molecule has 3 rings (SSSR count). The number of amides is 1. The number of hydrogen-bond acceptors (Lipinski definition) is 5. The minimum absolute atomic E-state index is 0.138. The zero-order valence-electron chi connectivity index (χ0n) is 14.9. The molecule has 1 amide bonds.